The fourth-order valence-corrected chi connectivity index (χ4v) is 7.67. The molecule has 128 valence electrons. The molecule has 3 saturated carbocycles. The van der Waals surface area contributed by atoms with Gasteiger partial charge < -0.3 is 0 Å². The average molecular weight is 379 g/mol. The summed E-state index contributed by atoms with van der Waals surface area (Å²) in [5.41, 5.74) is 1.93. The zero-order chi connectivity index (χ0) is 16.2. The first-order valence-corrected chi connectivity index (χ1v) is 10.9. The third-order valence-electron chi connectivity index (χ3n) is 8.59. The summed E-state index contributed by atoms with van der Waals surface area (Å²) in [5, 5.41) is 0.495. The van der Waals surface area contributed by atoms with Gasteiger partial charge in [-0.25, -0.2) is 0 Å². The van der Waals surface area contributed by atoms with Crippen molar-refractivity contribution in [1.29, 1.82) is 0 Å². The molecule has 0 radical (unpaired) electrons. The minimum Gasteiger partial charge on any atom is -0.294 e. The largest absolute Gasteiger partial charge is 0.294 e. The summed E-state index contributed by atoms with van der Waals surface area (Å²) in [6, 6.07) is 0. The van der Waals surface area contributed by atoms with Gasteiger partial charge in [0, 0.05) is 0 Å². The SMILES string of the molecule is C[C@]12CCCCC1CC[C@@H]1[C@@H]2CC[C@]2(C)C(C(=O)CBr)=CC[C@@H]12. The second-order valence-electron chi connectivity index (χ2n) is 9.27. The molecular weight excluding hydrogens is 348 g/mol. The van der Waals surface area contributed by atoms with Crippen LogP contribution in [0.4, 0.5) is 0 Å². The zero-order valence-electron chi connectivity index (χ0n) is 14.7. The molecule has 4 aliphatic carbocycles. The highest BCUT2D eigenvalue weighted by Crippen LogP contribution is 2.66. The normalized spacial score (nSPS) is 48.9. The van der Waals surface area contributed by atoms with Crippen LogP contribution < -0.4 is 0 Å². The molecule has 4 aliphatic rings. The Bertz CT molecular complexity index is 538. The summed E-state index contributed by atoms with van der Waals surface area (Å²) in [7, 11) is 0. The molecule has 0 N–H and O–H groups in total. The molecular formula is C21H31BrO. The van der Waals surface area contributed by atoms with Crippen molar-refractivity contribution in [3.63, 3.8) is 0 Å². The van der Waals surface area contributed by atoms with Crippen molar-refractivity contribution >= 4 is 21.7 Å². The molecule has 0 spiro atoms. The number of rotatable bonds is 2. The van der Waals surface area contributed by atoms with Crippen LogP contribution in [-0.4, -0.2) is 11.1 Å². The summed E-state index contributed by atoms with van der Waals surface area (Å²) in [5.74, 6) is 3.85. The van der Waals surface area contributed by atoms with E-state index >= 15 is 0 Å². The maximum Gasteiger partial charge on any atom is 0.169 e. The lowest BCUT2D eigenvalue weighted by Gasteiger charge is -2.60. The molecule has 6 atom stereocenters. The predicted molar refractivity (Wildman–Crippen MR) is 98.6 cm³/mol. The third-order valence-corrected chi connectivity index (χ3v) is 9.10. The minimum atomic E-state index is 0.171. The Labute approximate surface area is 149 Å². The van der Waals surface area contributed by atoms with Crippen LogP contribution in [0.1, 0.15) is 71.6 Å². The molecule has 0 heterocycles. The molecule has 23 heavy (non-hydrogen) atoms. The van der Waals surface area contributed by atoms with E-state index in [-0.39, 0.29) is 5.41 Å². The highest BCUT2D eigenvalue weighted by atomic mass is 79.9. The fourth-order valence-electron chi connectivity index (χ4n) is 7.37. The Kier molecular flexibility index (Phi) is 4.06. The Morgan fingerprint density at radius 3 is 2.74 bits per heavy atom. The minimum absolute atomic E-state index is 0.171. The summed E-state index contributed by atoms with van der Waals surface area (Å²) >= 11 is 3.40. The van der Waals surface area contributed by atoms with Gasteiger partial charge in [0.05, 0.1) is 5.33 Å². The lowest BCUT2D eigenvalue weighted by atomic mass is 9.45. The molecule has 0 saturated heterocycles. The molecule has 0 bridgehead atoms. The molecule has 0 aliphatic heterocycles. The van der Waals surface area contributed by atoms with Gasteiger partial charge in [0.15, 0.2) is 5.78 Å². The van der Waals surface area contributed by atoms with Crippen LogP contribution in [0, 0.1) is 34.5 Å². The van der Waals surface area contributed by atoms with E-state index in [0.29, 0.717) is 16.5 Å². The number of alkyl halides is 1. The number of carbonyl (C=O) groups excluding carboxylic acids is 1. The van der Waals surface area contributed by atoms with Gasteiger partial charge >= 0.3 is 0 Å². The van der Waals surface area contributed by atoms with Gasteiger partial charge in [-0.15, -0.1) is 0 Å². The molecule has 0 amide bonds. The van der Waals surface area contributed by atoms with Crippen LogP contribution in [-0.2, 0) is 4.79 Å². The van der Waals surface area contributed by atoms with Crippen molar-refractivity contribution < 1.29 is 4.79 Å². The van der Waals surface area contributed by atoms with Crippen LogP contribution in [0.15, 0.2) is 11.6 Å². The van der Waals surface area contributed by atoms with E-state index in [9.17, 15) is 4.79 Å². The maximum absolute atomic E-state index is 12.4. The van der Waals surface area contributed by atoms with Gasteiger partial charge in [-0.05, 0) is 85.0 Å². The lowest BCUT2D eigenvalue weighted by Crippen LogP contribution is -2.52. The van der Waals surface area contributed by atoms with Gasteiger partial charge in [0.25, 0.3) is 0 Å². The second kappa shape index (κ2) is 5.71. The van der Waals surface area contributed by atoms with Crippen molar-refractivity contribution in [3.8, 4) is 0 Å². The van der Waals surface area contributed by atoms with Gasteiger partial charge in [-0.2, -0.15) is 0 Å². The third kappa shape index (κ3) is 2.26. The quantitative estimate of drug-likeness (QED) is 0.545. The van der Waals surface area contributed by atoms with Crippen LogP contribution in [0.2, 0.25) is 0 Å². The van der Waals surface area contributed by atoms with E-state index < -0.39 is 0 Å². The second-order valence-corrected chi connectivity index (χ2v) is 9.83. The zero-order valence-corrected chi connectivity index (χ0v) is 16.3. The first kappa shape index (κ1) is 16.4. The van der Waals surface area contributed by atoms with E-state index in [1.165, 1.54) is 51.4 Å². The lowest BCUT2D eigenvalue weighted by molar-refractivity contribution is -0.118. The molecule has 3 fully saturated rings. The number of carbonyl (C=O) groups is 1. The number of ketones is 1. The van der Waals surface area contributed by atoms with E-state index in [1.807, 2.05) is 0 Å². The number of hydrogen-bond acceptors (Lipinski definition) is 1. The number of hydrogen-bond donors (Lipinski definition) is 0. The standard InChI is InChI=1S/C21H31BrO/c1-20-11-4-3-5-14(20)6-7-15-16-8-9-18(19(23)13-22)21(16,2)12-10-17(15)20/h9,14-17H,3-8,10-13H2,1-2H3/t14?,15-,16-,17-,20-,21-/m0/s1. The smallest absolute Gasteiger partial charge is 0.169 e. The Hall–Kier alpha value is -0.110. The Morgan fingerprint density at radius 2 is 1.96 bits per heavy atom. The molecule has 2 heteroatoms. The highest BCUT2D eigenvalue weighted by Gasteiger charge is 2.58. The van der Waals surface area contributed by atoms with Crippen molar-refractivity contribution in [1.82, 2.24) is 0 Å². The van der Waals surface area contributed by atoms with Crippen LogP contribution in [0.25, 0.3) is 0 Å². The summed E-state index contributed by atoms with van der Waals surface area (Å²) in [4.78, 5) is 12.4. The van der Waals surface area contributed by atoms with Crippen LogP contribution in [0.5, 0.6) is 0 Å². The number of fused-ring (bicyclic) bond motifs is 5. The topological polar surface area (TPSA) is 17.1 Å². The Morgan fingerprint density at radius 1 is 1.13 bits per heavy atom. The maximum atomic E-state index is 12.4. The van der Waals surface area contributed by atoms with E-state index in [0.717, 1.165) is 35.7 Å². The molecule has 4 rings (SSSR count). The molecule has 0 aromatic rings. The summed E-state index contributed by atoms with van der Waals surface area (Å²) in [6.45, 7) is 5.03. The van der Waals surface area contributed by atoms with Crippen LogP contribution >= 0.6 is 15.9 Å². The van der Waals surface area contributed by atoms with Crippen molar-refractivity contribution in [2.75, 3.05) is 5.33 Å². The number of halogens is 1. The predicted octanol–water partition coefficient (Wildman–Crippen LogP) is 5.92. The van der Waals surface area contributed by atoms with Gasteiger partial charge in [-0.1, -0.05) is 48.7 Å². The van der Waals surface area contributed by atoms with Crippen molar-refractivity contribution in [2.45, 2.75) is 71.6 Å². The van der Waals surface area contributed by atoms with Crippen molar-refractivity contribution in [2.24, 2.45) is 34.5 Å². The van der Waals surface area contributed by atoms with Crippen molar-refractivity contribution in [3.05, 3.63) is 11.6 Å². The van der Waals surface area contributed by atoms with Gasteiger partial charge in [0.1, 0.15) is 0 Å². The van der Waals surface area contributed by atoms with E-state index in [2.05, 4.69) is 35.9 Å². The summed E-state index contributed by atoms with van der Waals surface area (Å²) < 4.78 is 0. The number of allylic oxidation sites excluding steroid dienone is 2. The average Bonchev–Trinajstić information content (AvgIpc) is 2.91. The monoisotopic (exact) mass is 378 g/mol. The number of Topliss-reactive ketones (excluding diaryl/α,β-unsaturated/α-hetero) is 1. The molecule has 1 unspecified atom stereocenters. The molecule has 1 nitrogen and oxygen atoms in total. The van der Waals surface area contributed by atoms with E-state index in [4.69, 9.17) is 0 Å². The first-order valence-electron chi connectivity index (χ1n) is 9.80. The van der Waals surface area contributed by atoms with Crippen LogP contribution in [0.3, 0.4) is 0 Å². The fraction of sp³-hybridized carbons (Fsp3) is 0.857. The Balaban J connectivity index is 1.62. The van der Waals surface area contributed by atoms with Gasteiger partial charge in [-0.3, -0.25) is 4.79 Å². The first-order chi connectivity index (χ1) is 11.0. The summed E-state index contributed by atoms with van der Waals surface area (Å²) in [6.07, 6.45) is 14.8. The van der Waals surface area contributed by atoms with Gasteiger partial charge in [0.2, 0.25) is 0 Å². The highest BCUT2D eigenvalue weighted by molar-refractivity contribution is 9.09. The molecule has 0 aromatic carbocycles. The van der Waals surface area contributed by atoms with E-state index in [1.54, 1.807) is 0 Å². The molecule has 0 aromatic heterocycles.